The highest BCUT2D eigenvalue weighted by Gasteiger charge is 2.55. The van der Waals surface area contributed by atoms with Gasteiger partial charge in [-0.1, -0.05) is 110 Å². The molecule has 0 radical (unpaired) electrons. The van der Waals surface area contributed by atoms with Crippen molar-refractivity contribution in [1.29, 1.82) is 0 Å². The van der Waals surface area contributed by atoms with Crippen LogP contribution in [0.15, 0.2) is 0 Å². The molecule has 15 aliphatic rings. The van der Waals surface area contributed by atoms with E-state index in [2.05, 4.69) is 104 Å². The van der Waals surface area contributed by atoms with Gasteiger partial charge in [-0.25, -0.2) is 0 Å². The van der Waals surface area contributed by atoms with E-state index in [1.54, 1.807) is 0 Å². The lowest BCUT2D eigenvalue weighted by Gasteiger charge is -2.46. The Labute approximate surface area is 533 Å². The van der Waals surface area contributed by atoms with Gasteiger partial charge in [-0.3, -0.25) is 33.6 Å². The van der Waals surface area contributed by atoms with E-state index in [1.807, 2.05) is 0 Å². The normalized spacial score (nSPS) is 36.1. The second-order valence-corrected chi connectivity index (χ2v) is 37.1. The minimum absolute atomic E-state index is 0.320. The lowest BCUT2D eigenvalue weighted by atomic mass is 9.58. The van der Waals surface area contributed by atoms with Crippen molar-refractivity contribution >= 4 is 40.5 Å². The smallest absolute Gasteiger partial charge is 0.136 e. The van der Waals surface area contributed by atoms with Crippen molar-refractivity contribution in [2.45, 2.75) is 316 Å². The maximum absolute atomic E-state index is 11.8. The van der Waals surface area contributed by atoms with E-state index in [0.29, 0.717) is 139 Å². The number of hydrogen-bond donors (Lipinski definition) is 0. The Morgan fingerprint density at radius 1 is 0.356 bits per heavy atom. The second-order valence-electron chi connectivity index (χ2n) is 37.1. The molecule has 0 heterocycles. The molecule has 0 amide bonds. The fourth-order valence-corrected chi connectivity index (χ4v) is 19.5. The molecular formula is C80H132O7. The molecule has 0 aliphatic heterocycles. The molecule has 15 fully saturated rings. The number of ketones is 7. The Morgan fingerprint density at radius 3 is 1.24 bits per heavy atom. The van der Waals surface area contributed by atoms with Crippen LogP contribution >= 0.6 is 0 Å². The van der Waals surface area contributed by atoms with Crippen LogP contribution in [0.5, 0.6) is 0 Å². The number of fused-ring (bicyclic) bond motifs is 5. The Balaban J connectivity index is 0.000000132. The number of hydrogen-bond acceptors (Lipinski definition) is 7. The lowest BCUT2D eigenvalue weighted by molar-refractivity contribution is -0.135. The fourth-order valence-electron chi connectivity index (χ4n) is 19.5. The number of carbonyl (C=O) groups is 7. The molecule has 494 valence electrons. The van der Waals surface area contributed by atoms with E-state index in [-0.39, 0.29) is 0 Å². The summed E-state index contributed by atoms with van der Waals surface area (Å²) in [6.07, 6.45) is 39.1. The molecule has 0 aromatic carbocycles. The Morgan fingerprint density at radius 2 is 0.793 bits per heavy atom. The zero-order valence-electron chi connectivity index (χ0n) is 58.8. The molecule has 0 N–H and O–H groups in total. The molecule has 0 aromatic rings. The Bertz CT molecular complexity index is 2320. The molecule has 0 saturated heterocycles. The number of carbonyl (C=O) groups excluding carboxylic acids is 7. The molecule has 2 bridgehead atoms. The van der Waals surface area contributed by atoms with Crippen LogP contribution < -0.4 is 0 Å². The van der Waals surface area contributed by atoms with Crippen LogP contribution in [0.25, 0.3) is 0 Å². The van der Waals surface area contributed by atoms with Crippen LogP contribution in [-0.2, 0) is 33.6 Å². The maximum atomic E-state index is 11.8. The highest BCUT2D eigenvalue weighted by atomic mass is 16.2. The monoisotopic (exact) mass is 1200 g/mol. The van der Waals surface area contributed by atoms with Gasteiger partial charge in [0.25, 0.3) is 0 Å². The highest BCUT2D eigenvalue weighted by molar-refractivity contribution is 5.87. The van der Waals surface area contributed by atoms with Crippen LogP contribution in [0, 0.1) is 146 Å². The van der Waals surface area contributed by atoms with Crippen molar-refractivity contribution in [3.05, 3.63) is 0 Å². The largest absolute Gasteiger partial charge is 0.299 e. The second kappa shape index (κ2) is 29.8. The standard InChI is InChI=1S/4C12H20O.2C11H18O.C10H16O/c1-11(2,3)6-9-7-12(4-5-12)8-10(9)13;1-9(2)7-10-8-12(5-6-12)4-3-11(10)13;1-9(2)7-10-3-4-12(5-6-12)8-11(10)13;1-8(2)6-11-10-5-3-4-9(10)7-12(11)13;1-7(2)3-10-9-4-8(5-9)6-11(10)12;1-7(2)5-10-9-4-3-8(9)6-11(10)12;1-6(2)3-9-8-4-7(8)5-10(9)11/h9H,4-8H2,1-3H3;2*9-10H,3-8H2,1-2H3;8-11H,3-7H2,1-2H3;2*7-10H,3-6H2,1-2H3;6-9H,3-5H2,1-2H3. The molecule has 0 aromatic heterocycles. The molecule has 15 aliphatic carbocycles. The summed E-state index contributed by atoms with van der Waals surface area (Å²) in [5, 5.41) is 0. The zero-order valence-corrected chi connectivity index (χ0v) is 58.8. The van der Waals surface area contributed by atoms with Crippen LogP contribution in [0.1, 0.15) is 316 Å². The molecule has 15 rings (SSSR count). The van der Waals surface area contributed by atoms with Crippen LogP contribution in [0.3, 0.4) is 0 Å². The topological polar surface area (TPSA) is 119 Å². The van der Waals surface area contributed by atoms with E-state index in [4.69, 9.17) is 0 Å². The minimum atomic E-state index is 0.320. The molecule has 7 heteroatoms. The highest BCUT2D eigenvalue weighted by Crippen LogP contribution is 2.61. The Kier molecular flexibility index (Phi) is 24.1. The van der Waals surface area contributed by atoms with Gasteiger partial charge in [0.2, 0.25) is 0 Å². The quantitative estimate of drug-likeness (QED) is 0.180. The maximum Gasteiger partial charge on any atom is 0.136 e. The van der Waals surface area contributed by atoms with Crippen LogP contribution in [0.4, 0.5) is 0 Å². The SMILES string of the molecule is CC(C)(C)CC1CC2(CC2)CC1=O.CC(C)CC1C(=O)CC2CC1C2.CC(C)CC1C(=O)CC2CC21.CC(C)CC1C(=O)CC2CCC21.CC(C)CC1C(=O)CC2CCCC21.CC(C)CC1CC2(CCC1=O)CC2.CC(C)CC1CCC2(CC2)CC1=O. The van der Waals surface area contributed by atoms with Gasteiger partial charge in [0.15, 0.2) is 0 Å². The van der Waals surface area contributed by atoms with Gasteiger partial charge in [0, 0.05) is 86.4 Å². The first kappa shape index (κ1) is 70.6. The van der Waals surface area contributed by atoms with E-state index in [1.165, 1.54) is 122 Å². The summed E-state index contributed by atoms with van der Waals surface area (Å²) in [5.74, 6) is 17.4. The molecule has 7 nitrogen and oxygen atoms in total. The van der Waals surface area contributed by atoms with Crippen LogP contribution in [0.2, 0.25) is 0 Å². The van der Waals surface area contributed by atoms with Gasteiger partial charge >= 0.3 is 0 Å². The molecular weight excluding hydrogens is 1070 g/mol. The molecule has 13 atom stereocenters. The van der Waals surface area contributed by atoms with Crippen LogP contribution in [-0.4, -0.2) is 40.5 Å². The Hall–Kier alpha value is -2.31. The summed E-state index contributed by atoms with van der Waals surface area (Å²) < 4.78 is 0. The number of rotatable bonds is 13. The van der Waals surface area contributed by atoms with Gasteiger partial charge in [-0.05, 0) is 265 Å². The van der Waals surface area contributed by atoms with Crippen molar-refractivity contribution in [3.8, 4) is 0 Å². The number of Topliss-reactive ketones (excluding diaryl/α,β-unsaturated/α-hetero) is 7. The van der Waals surface area contributed by atoms with Crippen molar-refractivity contribution in [3.63, 3.8) is 0 Å². The van der Waals surface area contributed by atoms with Crippen molar-refractivity contribution in [2.75, 3.05) is 0 Å². The van der Waals surface area contributed by atoms with Crippen molar-refractivity contribution < 1.29 is 33.6 Å². The third-order valence-electron chi connectivity index (χ3n) is 25.0. The summed E-state index contributed by atoms with van der Waals surface area (Å²) in [6.45, 7) is 33.4. The molecule has 13 unspecified atom stereocenters. The molecule has 15 saturated carbocycles. The van der Waals surface area contributed by atoms with Gasteiger partial charge < -0.3 is 0 Å². The first-order valence-electron chi connectivity index (χ1n) is 37.5. The third-order valence-corrected chi connectivity index (χ3v) is 25.0. The first-order valence-corrected chi connectivity index (χ1v) is 37.5. The fraction of sp³-hybridized carbons (Fsp3) is 0.912. The van der Waals surface area contributed by atoms with Crippen molar-refractivity contribution in [2.24, 2.45) is 146 Å². The van der Waals surface area contributed by atoms with Gasteiger partial charge in [-0.15, -0.1) is 0 Å². The average molecular weight is 1210 g/mol. The summed E-state index contributed by atoms with van der Waals surface area (Å²) in [5.41, 5.74) is 1.99. The zero-order chi connectivity index (χ0) is 63.5. The van der Waals surface area contributed by atoms with Gasteiger partial charge in [0.1, 0.15) is 40.5 Å². The summed E-state index contributed by atoms with van der Waals surface area (Å²) in [6, 6.07) is 0. The van der Waals surface area contributed by atoms with E-state index >= 15 is 0 Å². The van der Waals surface area contributed by atoms with E-state index < -0.39 is 0 Å². The predicted molar refractivity (Wildman–Crippen MR) is 356 cm³/mol. The summed E-state index contributed by atoms with van der Waals surface area (Å²) in [4.78, 5) is 81.4. The van der Waals surface area contributed by atoms with Crippen molar-refractivity contribution in [1.82, 2.24) is 0 Å². The summed E-state index contributed by atoms with van der Waals surface area (Å²) in [7, 11) is 0. The predicted octanol–water partition coefficient (Wildman–Crippen LogP) is 20.1. The molecule has 3 spiro atoms. The lowest BCUT2D eigenvalue weighted by Crippen LogP contribution is -2.43. The molecule has 87 heavy (non-hydrogen) atoms. The third kappa shape index (κ3) is 20.1. The average Bonchev–Trinajstić information content (AvgIpc) is 2.99. The van der Waals surface area contributed by atoms with E-state index in [0.717, 1.165) is 137 Å². The van der Waals surface area contributed by atoms with Gasteiger partial charge in [0.05, 0.1) is 0 Å². The summed E-state index contributed by atoms with van der Waals surface area (Å²) >= 11 is 0. The first-order chi connectivity index (χ1) is 40.8. The minimum Gasteiger partial charge on any atom is -0.299 e. The van der Waals surface area contributed by atoms with E-state index in [9.17, 15) is 33.6 Å². The van der Waals surface area contributed by atoms with Gasteiger partial charge in [-0.2, -0.15) is 0 Å².